The van der Waals surface area contributed by atoms with Crippen molar-refractivity contribution in [3.8, 4) is 0 Å². The Morgan fingerprint density at radius 1 is 1.35 bits per heavy atom. The maximum Gasteiger partial charge on any atom is 0.224 e. The van der Waals surface area contributed by atoms with E-state index in [0.29, 0.717) is 12.1 Å². The average molecular weight is 275 g/mol. The number of nitrogens with one attached hydrogen (secondary N) is 1. The summed E-state index contributed by atoms with van der Waals surface area (Å²) >= 11 is 0. The molecule has 2 amide bonds. The summed E-state index contributed by atoms with van der Waals surface area (Å²) in [6.45, 7) is 3.02. The Balaban J connectivity index is 1.80. The highest BCUT2D eigenvalue weighted by molar-refractivity contribution is 5.79. The third-order valence-corrected chi connectivity index (χ3v) is 3.62. The highest BCUT2D eigenvalue weighted by Gasteiger charge is 2.21. The van der Waals surface area contributed by atoms with Crippen molar-refractivity contribution in [2.45, 2.75) is 32.2 Å². The Kier molecular flexibility index (Phi) is 4.61. The first-order chi connectivity index (χ1) is 9.54. The molecule has 0 aliphatic carbocycles. The molecule has 3 N–H and O–H groups in total. The van der Waals surface area contributed by atoms with Crippen molar-refractivity contribution in [3.05, 3.63) is 29.8 Å². The zero-order valence-electron chi connectivity index (χ0n) is 11.8. The Morgan fingerprint density at radius 2 is 2.05 bits per heavy atom. The van der Waals surface area contributed by atoms with Gasteiger partial charge >= 0.3 is 0 Å². The van der Waals surface area contributed by atoms with Gasteiger partial charge in [-0.2, -0.15) is 0 Å². The number of carbonyl (C=O) groups is 2. The molecule has 1 aromatic rings. The molecule has 1 aliphatic rings. The van der Waals surface area contributed by atoms with E-state index in [9.17, 15) is 9.59 Å². The van der Waals surface area contributed by atoms with Crippen molar-refractivity contribution in [3.63, 3.8) is 0 Å². The van der Waals surface area contributed by atoms with E-state index in [1.807, 2.05) is 23.1 Å². The molecule has 108 valence electrons. The van der Waals surface area contributed by atoms with Crippen molar-refractivity contribution in [2.75, 3.05) is 18.8 Å². The van der Waals surface area contributed by atoms with Crippen LogP contribution in [-0.4, -0.2) is 35.8 Å². The number of benzene rings is 1. The molecule has 5 nitrogen and oxygen atoms in total. The van der Waals surface area contributed by atoms with Gasteiger partial charge < -0.3 is 16.0 Å². The van der Waals surface area contributed by atoms with Crippen LogP contribution in [0.5, 0.6) is 0 Å². The molecule has 2 rings (SSSR count). The third kappa shape index (κ3) is 3.98. The molecular weight excluding hydrogens is 254 g/mol. The molecule has 5 heteroatoms. The summed E-state index contributed by atoms with van der Waals surface area (Å²) < 4.78 is 0. The standard InChI is InChI=1S/C15H21N3O2/c1-11(19)18-7-5-14(6-8-18)17-15(20)10-12-3-2-4-13(16)9-12/h2-4,9,14H,5-8,10,16H2,1H3,(H,17,20). The normalized spacial score (nSPS) is 15.9. The van der Waals surface area contributed by atoms with Gasteiger partial charge in [0.2, 0.25) is 11.8 Å². The fourth-order valence-electron chi connectivity index (χ4n) is 2.51. The van der Waals surface area contributed by atoms with Crippen LogP contribution >= 0.6 is 0 Å². The van der Waals surface area contributed by atoms with E-state index in [-0.39, 0.29) is 17.9 Å². The molecule has 1 aliphatic heterocycles. The first kappa shape index (κ1) is 14.4. The summed E-state index contributed by atoms with van der Waals surface area (Å²) in [6.07, 6.45) is 1.99. The van der Waals surface area contributed by atoms with Crippen LogP contribution in [0, 0.1) is 0 Å². The van der Waals surface area contributed by atoms with Crippen LogP contribution in [0.3, 0.4) is 0 Å². The molecule has 0 aromatic heterocycles. The van der Waals surface area contributed by atoms with Crippen LogP contribution in [0.15, 0.2) is 24.3 Å². The summed E-state index contributed by atoms with van der Waals surface area (Å²) in [6, 6.07) is 7.54. The van der Waals surface area contributed by atoms with Crippen LogP contribution in [-0.2, 0) is 16.0 Å². The minimum absolute atomic E-state index is 0.0110. The van der Waals surface area contributed by atoms with Crippen molar-refractivity contribution in [2.24, 2.45) is 0 Å². The number of rotatable bonds is 3. The van der Waals surface area contributed by atoms with Crippen LogP contribution in [0.25, 0.3) is 0 Å². The zero-order valence-corrected chi connectivity index (χ0v) is 11.8. The van der Waals surface area contributed by atoms with Crippen LogP contribution < -0.4 is 11.1 Å². The number of nitrogens with two attached hydrogens (primary N) is 1. The Morgan fingerprint density at radius 3 is 2.65 bits per heavy atom. The molecule has 0 unspecified atom stereocenters. The summed E-state index contributed by atoms with van der Waals surface area (Å²) in [5, 5.41) is 3.03. The van der Waals surface area contributed by atoms with E-state index in [1.165, 1.54) is 0 Å². The molecule has 1 fully saturated rings. The van der Waals surface area contributed by atoms with Gasteiger partial charge in [-0.3, -0.25) is 9.59 Å². The number of amides is 2. The molecule has 0 atom stereocenters. The van der Waals surface area contributed by atoms with Crippen LogP contribution in [0.4, 0.5) is 5.69 Å². The lowest BCUT2D eigenvalue weighted by molar-refractivity contribution is -0.130. The van der Waals surface area contributed by atoms with Gasteiger partial charge in [-0.05, 0) is 30.5 Å². The first-order valence-corrected chi connectivity index (χ1v) is 6.94. The maximum absolute atomic E-state index is 12.0. The number of likely N-dealkylation sites (tertiary alicyclic amines) is 1. The molecule has 0 saturated carbocycles. The van der Waals surface area contributed by atoms with Crippen molar-refractivity contribution >= 4 is 17.5 Å². The van der Waals surface area contributed by atoms with Crippen molar-refractivity contribution in [1.29, 1.82) is 0 Å². The fraction of sp³-hybridized carbons (Fsp3) is 0.467. The summed E-state index contributed by atoms with van der Waals surface area (Å²) in [7, 11) is 0. The van der Waals surface area contributed by atoms with Gasteiger partial charge in [0.15, 0.2) is 0 Å². The van der Waals surface area contributed by atoms with Crippen LogP contribution in [0.2, 0.25) is 0 Å². The van der Waals surface area contributed by atoms with Gasteiger partial charge in [-0.25, -0.2) is 0 Å². The van der Waals surface area contributed by atoms with Gasteiger partial charge in [0.05, 0.1) is 6.42 Å². The molecule has 0 bridgehead atoms. The number of piperidine rings is 1. The van der Waals surface area contributed by atoms with Gasteiger partial charge in [0, 0.05) is 31.7 Å². The second kappa shape index (κ2) is 6.41. The van der Waals surface area contributed by atoms with E-state index in [2.05, 4.69) is 5.32 Å². The summed E-state index contributed by atoms with van der Waals surface area (Å²) in [5.74, 6) is 0.117. The second-order valence-corrected chi connectivity index (χ2v) is 5.27. The number of nitrogen functional groups attached to an aromatic ring is 1. The largest absolute Gasteiger partial charge is 0.399 e. The predicted molar refractivity (Wildman–Crippen MR) is 78.0 cm³/mol. The average Bonchev–Trinajstić information content (AvgIpc) is 2.39. The topological polar surface area (TPSA) is 75.4 Å². The SMILES string of the molecule is CC(=O)N1CCC(NC(=O)Cc2cccc(N)c2)CC1. The van der Waals surface area contributed by atoms with E-state index in [1.54, 1.807) is 13.0 Å². The number of hydrogen-bond donors (Lipinski definition) is 2. The summed E-state index contributed by atoms with van der Waals surface area (Å²) in [4.78, 5) is 25.0. The minimum atomic E-state index is 0.0110. The lowest BCUT2D eigenvalue weighted by atomic mass is 10.0. The maximum atomic E-state index is 12.0. The smallest absolute Gasteiger partial charge is 0.224 e. The Bertz CT molecular complexity index is 494. The molecule has 1 saturated heterocycles. The van der Waals surface area contributed by atoms with Gasteiger partial charge in [0.25, 0.3) is 0 Å². The Labute approximate surface area is 119 Å². The number of carbonyl (C=O) groups excluding carboxylic acids is 2. The molecule has 1 aromatic carbocycles. The van der Waals surface area contributed by atoms with Gasteiger partial charge in [0.1, 0.15) is 0 Å². The highest BCUT2D eigenvalue weighted by atomic mass is 16.2. The molecule has 0 radical (unpaired) electrons. The quantitative estimate of drug-likeness (QED) is 0.806. The van der Waals surface area contributed by atoms with Gasteiger partial charge in [-0.1, -0.05) is 12.1 Å². The van der Waals surface area contributed by atoms with E-state index < -0.39 is 0 Å². The lowest BCUT2D eigenvalue weighted by Gasteiger charge is -2.31. The molecule has 0 spiro atoms. The molecular formula is C15H21N3O2. The van der Waals surface area contributed by atoms with E-state index >= 15 is 0 Å². The van der Waals surface area contributed by atoms with E-state index in [0.717, 1.165) is 31.5 Å². The first-order valence-electron chi connectivity index (χ1n) is 6.94. The molecule has 1 heterocycles. The van der Waals surface area contributed by atoms with Crippen LogP contribution in [0.1, 0.15) is 25.3 Å². The molecule has 20 heavy (non-hydrogen) atoms. The monoisotopic (exact) mass is 275 g/mol. The number of anilines is 1. The van der Waals surface area contributed by atoms with E-state index in [4.69, 9.17) is 5.73 Å². The summed E-state index contributed by atoms with van der Waals surface area (Å²) in [5.41, 5.74) is 7.28. The minimum Gasteiger partial charge on any atom is -0.399 e. The zero-order chi connectivity index (χ0) is 14.5. The predicted octanol–water partition coefficient (Wildman–Crippen LogP) is 0.938. The second-order valence-electron chi connectivity index (χ2n) is 5.27. The van der Waals surface area contributed by atoms with Crippen molar-refractivity contribution < 1.29 is 9.59 Å². The van der Waals surface area contributed by atoms with Gasteiger partial charge in [-0.15, -0.1) is 0 Å². The lowest BCUT2D eigenvalue weighted by Crippen LogP contribution is -2.46. The van der Waals surface area contributed by atoms with Crippen molar-refractivity contribution in [1.82, 2.24) is 10.2 Å². The Hall–Kier alpha value is -2.04. The number of hydrogen-bond acceptors (Lipinski definition) is 3. The number of nitrogens with zero attached hydrogens (tertiary/aromatic N) is 1. The fourth-order valence-corrected chi connectivity index (χ4v) is 2.51. The third-order valence-electron chi connectivity index (χ3n) is 3.62. The highest BCUT2D eigenvalue weighted by Crippen LogP contribution is 2.11.